The molecule has 0 spiro atoms. The maximum absolute atomic E-state index is 13.5. The van der Waals surface area contributed by atoms with Crippen LogP contribution in [0.25, 0.3) is 5.65 Å². The summed E-state index contributed by atoms with van der Waals surface area (Å²) in [7, 11) is 0. The van der Waals surface area contributed by atoms with E-state index < -0.39 is 6.04 Å². The standard InChI is InChI=1S/C25H40N8O2/c1-15(34)28-18-12-16(30-25(5,6)7)8-9-19(18)32-11-10-17(22(32)35)29-23-27-14-26-21-13-20(24(2,3)4)31-33(21)23/h13-14,16-19,30H,8-12H2,1-7H3,(H,28,34)(H,26,27,29)/t16-,17+,18?,19+/m1/s1. The van der Waals surface area contributed by atoms with Gasteiger partial charge in [0, 0.05) is 36.5 Å². The number of amides is 2. The van der Waals surface area contributed by atoms with Crippen molar-refractivity contribution in [3.05, 3.63) is 18.1 Å². The second kappa shape index (κ2) is 9.37. The lowest BCUT2D eigenvalue weighted by atomic mass is 9.84. The molecule has 35 heavy (non-hydrogen) atoms. The largest absolute Gasteiger partial charge is 0.351 e. The molecule has 0 bridgehead atoms. The predicted octanol–water partition coefficient (Wildman–Crippen LogP) is 2.25. The minimum absolute atomic E-state index is 0.00100. The van der Waals surface area contributed by atoms with Gasteiger partial charge in [0.25, 0.3) is 0 Å². The Hall–Kier alpha value is -2.75. The van der Waals surface area contributed by atoms with E-state index in [4.69, 9.17) is 5.10 Å². The fourth-order valence-corrected chi connectivity index (χ4v) is 5.29. The molecule has 0 radical (unpaired) electrons. The minimum Gasteiger partial charge on any atom is -0.351 e. The Labute approximate surface area is 207 Å². The van der Waals surface area contributed by atoms with Gasteiger partial charge in [0.1, 0.15) is 12.4 Å². The van der Waals surface area contributed by atoms with Gasteiger partial charge in [0.2, 0.25) is 17.8 Å². The first kappa shape index (κ1) is 25.3. The van der Waals surface area contributed by atoms with Gasteiger partial charge in [-0.3, -0.25) is 9.59 Å². The summed E-state index contributed by atoms with van der Waals surface area (Å²) in [6.45, 7) is 15.0. The van der Waals surface area contributed by atoms with Crippen molar-refractivity contribution >= 4 is 23.4 Å². The highest BCUT2D eigenvalue weighted by atomic mass is 16.2. The molecule has 2 aliphatic rings. The maximum atomic E-state index is 13.5. The second-order valence-corrected chi connectivity index (χ2v) is 12.0. The van der Waals surface area contributed by atoms with Gasteiger partial charge in [-0.25, -0.2) is 9.97 Å². The van der Waals surface area contributed by atoms with Crippen molar-refractivity contribution in [3.8, 4) is 0 Å². The molecule has 1 aliphatic heterocycles. The van der Waals surface area contributed by atoms with Crippen LogP contribution in [0, 0.1) is 0 Å². The van der Waals surface area contributed by atoms with Crippen LogP contribution in [0.4, 0.5) is 5.95 Å². The summed E-state index contributed by atoms with van der Waals surface area (Å²) in [4.78, 5) is 36.2. The maximum Gasteiger partial charge on any atom is 0.245 e. The smallest absolute Gasteiger partial charge is 0.245 e. The van der Waals surface area contributed by atoms with Crippen LogP contribution in [-0.2, 0) is 15.0 Å². The number of nitrogens with zero attached hydrogens (tertiary/aromatic N) is 5. The predicted molar refractivity (Wildman–Crippen MR) is 135 cm³/mol. The number of carbonyl (C=O) groups is 2. The van der Waals surface area contributed by atoms with Gasteiger partial charge in [-0.05, 0) is 46.5 Å². The zero-order valence-corrected chi connectivity index (χ0v) is 22.1. The molecule has 1 unspecified atom stereocenters. The fraction of sp³-hybridized carbons (Fsp3) is 0.720. The van der Waals surface area contributed by atoms with E-state index in [1.165, 1.54) is 6.33 Å². The van der Waals surface area contributed by atoms with Crippen LogP contribution in [0.15, 0.2) is 12.4 Å². The Morgan fingerprint density at radius 2 is 1.83 bits per heavy atom. The van der Waals surface area contributed by atoms with E-state index in [1.807, 2.05) is 11.0 Å². The topological polar surface area (TPSA) is 117 Å². The molecule has 2 amide bonds. The van der Waals surface area contributed by atoms with Crippen molar-refractivity contribution in [1.29, 1.82) is 0 Å². The van der Waals surface area contributed by atoms with E-state index in [1.54, 1.807) is 11.4 Å². The first-order chi connectivity index (χ1) is 16.3. The van der Waals surface area contributed by atoms with Crippen LogP contribution in [-0.4, -0.2) is 72.5 Å². The third-order valence-corrected chi connectivity index (χ3v) is 6.81. The quantitative estimate of drug-likeness (QED) is 0.596. The molecule has 0 aromatic carbocycles. The summed E-state index contributed by atoms with van der Waals surface area (Å²) in [5.74, 6) is 0.499. The number of hydrogen-bond donors (Lipinski definition) is 3. The average Bonchev–Trinajstić information content (AvgIpc) is 3.32. The number of likely N-dealkylation sites (tertiary alicyclic amines) is 1. The summed E-state index contributed by atoms with van der Waals surface area (Å²) in [6, 6.07) is 1.78. The van der Waals surface area contributed by atoms with Crippen LogP contribution in [0.1, 0.15) is 79.8 Å². The minimum atomic E-state index is -0.390. The van der Waals surface area contributed by atoms with Crippen LogP contribution < -0.4 is 16.0 Å². The van der Waals surface area contributed by atoms with Gasteiger partial charge in [0.05, 0.1) is 17.8 Å². The molecular formula is C25H40N8O2. The van der Waals surface area contributed by atoms with E-state index in [2.05, 4.69) is 67.5 Å². The zero-order valence-electron chi connectivity index (χ0n) is 22.1. The molecule has 1 aliphatic carbocycles. The van der Waals surface area contributed by atoms with Crippen molar-refractivity contribution in [2.75, 3.05) is 11.9 Å². The lowest BCUT2D eigenvalue weighted by molar-refractivity contribution is -0.132. The molecule has 3 heterocycles. The van der Waals surface area contributed by atoms with Gasteiger partial charge < -0.3 is 20.9 Å². The molecule has 10 heteroatoms. The van der Waals surface area contributed by atoms with Gasteiger partial charge in [-0.2, -0.15) is 9.61 Å². The van der Waals surface area contributed by atoms with Crippen molar-refractivity contribution in [1.82, 2.24) is 35.1 Å². The fourth-order valence-electron chi connectivity index (χ4n) is 5.29. The lowest BCUT2D eigenvalue weighted by Gasteiger charge is -2.43. The summed E-state index contributed by atoms with van der Waals surface area (Å²) < 4.78 is 1.68. The average molecular weight is 485 g/mol. The van der Waals surface area contributed by atoms with E-state index in [9.17, 15) is 9.59 Å². The van der Waals surface area contributed by atoms with E-state index in [0.29, 0.717) is 30.6 Å². The number of fused-ring (bicyclic) bond motifs is 1. The number of rotatable bonds is 5. The Kier molecular flexibility index (Phi) is 6.78. The number of carbonyl (C=O) groups excluding carboxylic acids is 2. The third-order valence-electron chi connectivity index (χ3n) is 6.81. The summed E-state index contributed by atoms with van der Waals surface area (Å²) >= 11 is 0. The molecule has 3 N–H and O–H groups in total. The van der Waals surface area contributed by atoms with Gasteiger partial charge >= 0.3 is 0 Å². The number of nitrogens with one attached hydrogen (secondary N) is 3. The summed E-state index contributed by atoms with van der Waals surface area (Å²) in [5.41, 5.74) is 1.49. The van der Waals surface area contributed by atoms with Gasteiger partial charge in [-0.1, -0.05) is 20.8 Å². The van der Waals surface area contributed by atoms with Crippen LogP contribution in [0.3, 0.4) is 0 Å². The molecule has 192 valence electrons. The second-order valence-electron chi connectivity index (χ2n) is 12.0. The molecule has 2 aromatic heterocycles. The first-order valence-electron chi connectivity index (χ1n) is 12.6. The van der Waals surface area contributed by atoms with Gasteiger partial charge in [-0.15, -0.1) is 0 Å². The molecule has 4 atom stereocenters. The van der Waals surface area contributed by atoms with Crippen molar-refractivity contribution in [2.24, 2.45) is 0 Å². The number of hydrogen-bond acceptors (Lipinski definition) is 7. The molecule has 1 saturated carbocycles. The molecule has 10 nitrogen and oxygen atoms in total. The first-order valence-corrected chi connectivity index (χ1v) is 12.6. The summed E-state index contributed by atoms with van der Waals surface area (Å²) in [6.07, 6.45) is 4.79. The van der Waals surface area contributed by atoms with E-state index in [-0.39, 0.29) is 34.9 Å². The monoisotopic (exact) mass is 484 g/mol. The summed E-state index contributed by atoms with van der Waals surface area (Å²) in [5, 5.41) is 14.8. The molecule has 1 saturated heterocycles. The highest BCUT2D eigenvalue weighted by Crippen LogP contribution is 2.30. The molecular weight excluding hydrogens is 444 g/mol. The molecule has 2 fully saturated rings. The SMILES string of the molecule is CC(=O)NC1C[C@H](NC(C)(C)C)CC[C@@H]1N1CC[C@H](Nc2ncnc3cc(C(C)(C)C)nn23)C1=O. The Balaban J connectivity index is 1.49. The third kappa shape index (κ3) is 5.74. The van der Waals surface area contributed by atoms with Crippen molar-refractivity contribution in [2.45, 2.75) is 109 Å². The highest BCUT2D eigenvalue weighted by molar-refractivity contribution is 5.87. The van der Waals surface area contributed by atoms with Crippen molar-refractivity contribution < 1.29 is 9.59 Å². The van der Waals surface area contributed by atoms with Crippen LogP contribution >= 0.6 is 0 Å². The Morgan fingerprint density at radius 3 is 2.49 bits per heavy atom. The van der Waals surface area contributed by atoms with E-state index in [0.717, 1.165) is 25.0 Å². The Bertz CT molecular complexity index is 1080. The Morgan fingerprint density at radius 1 is 1.09 bits per heavy atom. The van der Waals surface area contributed by atoms with Crippen LogP contribution in [0.2, 0.25) is 0 Å². The van der Waals surface area contributed by atoms with Crippen molar-refractivity contribution in [3.63, 3.8) is 0 Å². The van der Waals surface area contributed by atoms with Gasteiger partial charge in [0.15, 0.2) is 5.65 Å². The zero-order chi connectivity index (χ0) is 25.5. The molecule has 2 aromatic rings. The van der Waals surface area contributed by atoms with Crippen LogP contribution in [0.5, 0.6) is 0 Å². The normalized spacial score (nSPS) is 25.8. The molecule has 4 rings (SSSR count). The number of aromatic nitrogens is 4. The number of anilines is 1. The lowest BCUT2D eigenvalue weighted by Crippen LogP contribution is -2.59. The van der Waals surface area contributed by atoms with E-state index >= 15 is 0 Å². The highest BCUT2D eigenvalue weighted by Gasteiger charge is 2.42.